The van der Waals surface area contributed by atoms with Crippen LogP contribution in [-0.2, 0) is 17.8 Å². The Morgan fingerprint density at radius 3 is 2.56 bits per heavy atom. The first-order valence-electron chi connectivity index (χ1n) is 14.7. The molecule has 0 spiro atoms. The highest BCUT2D eigenvalue weighted by atomic mass is 19.1. The van der Waals surface area contributed by atoms with Gasteiger partial charge in [0.25, 0.3) is 0 Å². The van der Waals surface area contributed by atoms with Crippen molar-refractivity contribution in [1.82, 2.24) is 15.2 Å². The summed E-state index contributed by atoms with van der Waals surface area (Å²) >= 11 is 0. The number of piperidine rings is 1. The summed E-state index contributed by atoms with van der Waals surface area (Å²) in [5.74, 6) is 1.73. The molecule has 2 heterocycles. The van der Waals surface area contributed by atoms with Crippen molar-refractivity contribution >= 4 is 5.91 Å². The van der Waals surface area contributed by atoms with Gasteiger partial charge in [-0.25, -0.2) is 4.39 Å². The summed E-state index contributed by atoms with van der Waals surface area (Å²) in [5.41, 5.74) is 3.12. The van der Waals surface area contributed by atoms with E-state index >= 15 is 0 Å². The van der Waals surface area contributed by atoms with Gasteiger partial charge in [-0.1, -0.05) is 26.3 Å². The molecule has 1 saturated heterocycles. The smallest absolute Gasteiger partial charge is 0.226 e. The molecule has 1 amide bonds. The Labute approximate surface area is 243 Å². The van der Waals surface area contributed by atoms with Crippen LogP contribution in [0.4, 0.5) is 4.39 Å². The number of halogens is 1. The topological polar surface area (TPSA) is 72.9 Å². The molecule has 0 aliphatic carbocycles. The molecule has 1 aliphatic heterocycles. The molecule has 0 saturated carbocycles. The van der Waals surface area contributed by atoms with E-state index in [4.69, 9.17) is 14.2 Å². The van der Waals surface area contributed by atoms with Crippen LogP contribution in [0.1, 0.15) is 51.3 Å². The average molecular weight is 564 g/mol. The molecule has 1 fully saturated rings. The van der Waals surface area contributed by atoms with Crippen LogP contribution in [0.5, 0.6) is 17.2 Å². The highest BCUT2D eigenvalue weighted by molar-refractivity contribution is 5.78. The molecule has 0 bridgehead atoms. The van der Waals surface area contributed by atoms with Crippen LogP contribution in [0.15, 0.2) is 54.7 Å². The van der Waals surface area contributed by atoms with Gasteiger partial charge in [-0.3, -0.25) is 14.7 Å². The third-order valence-electron chi connectivity index (χ3n) is 6.86. The number of hydrogen-bond acceptors (Lipinski definition) is 6. The van der Waals surface area contributed by atoms with Crippen LogP contribution in [-0.4, -0.2) is 55.2 Å². The van der Waals surface area contributed by atoms with Crippen molar-refractivity contribution in [3.05, 3.63) is 71.8 Å². The summed E-state index contributed by atoms with van der Waals surface area (Å²) in [6.07, 6.45) is 5.69. The van der Waals surface area contributed by atoms with Crippen molar-refractivity contribution in [2.45, 2.75) is 53.0 Å². The minimum atomic E-state index is -0.392. The normalized spacial score (nSPS) is 13.7. The van der Waals surface area contributed by atoms with Crippen molar-refractivity contribution in [2.24, 2.45) is 5.92 Å². The quantitative estimate of drug-likeness (QED) is 0.258. The monoisotopic (exact) mass is 563 g/mol. The van der Waals surface area contributed by atoms with Crippen LogP contribution in [0.3, 0.4) is 0 Å². The minimum Gasteiger partial charge on any atom is -0.494 e. The molecule has 4 rings (SSSR count). The van der Waals surface area contributed by atoms with Gasteiger partial charge >= 0.3 is 0 Å². The van der Waals surface area contributed by atoms with Gasteiger partial charge in [-0.2, -0.15) is 0 Å². The van der Waals surface area contributed by atoms with Gasteiger partial charge in [0.1, 0.15) is 29.7 Å². The largest absolute Gasteiger partial charge is 0.494 e. The number of carbonyl (C=O) groups excluding carboxylic acids is 1. The Morgan fingerprint density at radius 1 is 1.00 bits per heavy atom. The van der Waals surface area contributed by atoms with Gasteiger partial charge < -0.3 is 19.5 Å². The molecule has 3 aromatic rings. The van der Waals surface area contributed by atoms with Gasteiger partial charge in [0, 0.05) is 48.2 Å². The van der Waals surface area contributed by atoms with Gasteiger partial charge in [0.2, 0.25) is 5.91 Å². The lowest BCUT2D eigenvalue weighted by molar-refractivity contribution is -0.120. The van der Waals surface area contributed by atoms with Gasteiger partial charge in [-0.05, 0) is 74.7 Å². The van der Waals surface area contributed by atoms with E-state index < -0.39 is 5.82 Å². The highest BCUT2D eigenvalue weighted by Gasteiger charge is 2.14. The van der Waals surface area contributed by atoms with Crippen LogP contribution < -0.4 is 19.5 Å². The maximum Gasteiger partial charge on any atom is 0.226 e. The number of nitrogens with zero attached hydrogens (tertiary/aromatic N) is 2. The lowest BCUT2D eigenvalue weighted by Gasteiger charge is -2.26. The fourth-order valence-electron chi connectivity index (χ4n) is 4.77. The number of amides is 1. The van der Waals surface area contributed by atoms with E-state index in [1.54, 1.807) is 12.3 Å². The SMILES string of the molecule is CCOc1ccc(-c2ccc(CC(=O)NCc3cc(F)cc(OCC(C)C)c3)nc2)c(OCCN2CCCCC2)c1. The van der Waals surface area contributed by atoms with E-state index in [9.17, 15) is 9.18 Å². The van der Waals surface area contributed by atoms with Crippen molar-refractivity contribution in [3.8, 4) is 28.4 Å². The van der Waals surface area contributed by atoms with E-state index in [2.05, 4.69) is 15.2 Å². The Bertz CT molecular complexity index is 1260. The lowest BCUT2D eigenvalue weighted by Crippen LogP contribution is -2.33. The summed E-state index contributed by atoms with van der Waals surface area (Å²) in [4.78, 5) is 19.6. The summed E-state index contributed by atoms with van der Waals surface area (Å²) < 4.78 is 31.6. The predicted molar refractivity (Wildman–Crippen MR) is 159 cm³/mol. The Morgan fingerprint density at radius 2 is 1.83 bits per heavy atom. The molecule has 8 heteroatoms. The number of hydrogen-bond donors (Lipinski definition) is 1. The maximum atomic E-state index is 14.0. The van der Waals surface area contributed by atoms with E-state index in [-0.39, 0.29) is 18.9 Å². The molecule has 1 N–H and O–H groups in total. The minimum absolute atomic E-state index is 0.120. The summed E-state index contributed by atoms with van der Waals surface area (Å²) in [5, 5.41) is 2.85. The Balaban J connectivity index is 1.35. The predicted octanol–water partition coefficient (Wildman–Crippen LogP) is 6.04. The fourth-order valence-corrected chi connectivity index (χ4v) is 4.77. The van der Waals surface area contributed by atoms with Gasteiger partial charge in [-0.15, -0.1) is 0 Å². The van der Waals surface area contributed by atoms with Crippen LogP contribution in [0, 0.1) is 11.7 Å². The van der Waals surface area contributed by atoms with Crippen molar-refractivity contribution in [2.75, 3.05) is 39.5 Å². The van der Waals surface area contributed by atoms with Crippen LogP contribution in [0.25, 0.3) is 11.1 Å². The molecule has 0 unspecified atom stereocenters. The number of ether oxygens (including phenoxy) is 3. The lowest BCUT2D eigenvalue weighted by atomic mass is 10.1. The van der Waals surface area contributed by atoms with Crippen molar-refractivity contribution in [3.63, 3.8) is 0 Å². The molecular formula is C33H42FN3O4. The zero-order chi connectivity index (χ0) is 29.0. The molecule has 0 radical (unpaired) electrons. The molecule has 2 aromatic carbocycles. The van der Waals surface area contributed by atoms with Gasteiger partial charge in [0.15, 0.2) is 0 Å². The molecule has 220 valence electrons. The van der Waals surface area contributed by atoms with E-state index in [1.807, 2.05) is 51.1 Å². The van der Waals surface area contributed by atoms with Crippen LogP contribution in [0.2, 0.25) is 0 Å². The zero-order valence-electron chi connectivity index (χ0n) is 24.5. The maximum absolute atomic E-state index is 14.0. The van der Waals surface area contributed by atoms with E-state index in [0.717, 1.165) is 42.3 Å². The summed E-state index contributed by atoms with van der Waals surface area (Å²) in [6.45, 7) is 11.1. The second-order valence-electron chi connectivity index (χ2n) is 10.8. The van der Waals surface area contributed by atoms with Crippen molar-refractivity contribution < 1.29 is 23.4 Å². The number of benzene rings is 2. The highest BCUT2D eigenvalue weighted by Crippen LogP contribution is 2.33. The van der Waals surface area contributed by atoms with E-state index in [0.29, 0.717) is 42.7 Å². The van der Waals surface area contributed by atoms with Crippen LogP contribution >= 0.6 is 0 Å². The molecule has 7 nitrogen and oxygen atoms in total. The molecular weight excluding hydrogens is 521 g/mol. The van der Waals surface area contributed by atoms with Crippen molar-refractivity contribution in [1.29, 1.82) is 0 Å². The molecule has 1 aliphatic rings. The number of pyridine rings is 1. The molecule has 41 heavy (non-hydrogen) atoms. The van der Waals surface area contributed by atoms with E-state index in [1.165, 1.54) is 31.4 Å². The number of carbonyl (C=O) groups is 1. The number of nitrogens with one attached hydrogen (secondary N) is 1. The first kappa shape index (κ1) is 30.3. The number of aromatic nitrogens is 1. The average Bonchev–Trinajstić information content (AvgIpc) is 2.96. The second-order valence-corrected chi connectivity index (χ2v) is 10.8. The number of likely N-dealkylation sites (tertiary alicyclic amines) is 1. The Hall–Kier alpha value is -3.65. The fraction of sp³-hybridized carbons (Fsp3) is 0.455. The standard InChI is InChI=1S/C33H42FN3O4/c1-4-39-29-10-11-31(32(20-29)40-15-14-37-12-6-5-7-13-37)26-8-9-28(35-22-26)19-33(38)36-21-25-16-27(34)18-30(17-25)41-23-24(2)3/h8-11,16-18,20,22,24H,4-7,12-15,19,21,23H2,1-3H3,(H,36,38). The Kier molecular flexibility index (Phi) is 11.4. The first-order valence-corrected chi connectivity index (χ1v) is 14.7. The third-order valence-corrected chi connectivity index (χ3v) is 6.86. The molecule has 0 atom stereocenters. The number of rotatable bonds is 14. The summed E-state index contributed by atoms with van der Waals surface area (Å²) in [7, 11) is 0. The zero-order valence-corrected chi connectivity index (χ0v) is 24.5. The second kappa shape index (κ2) is 15.4. The van der Waals surface area contributed by atoms with Gasteiger partial charge in [0.05, 0.1) is 19.6 Å². The third kappa shape index (κ3) is 9.74. The summed E-state index contributed by atoms with van der Waals surface area (Å²) in [6, 6.07) is 14.2. The first-order chi connectivity index (χ1) is 19.9. The molecule has 1 aromatic heterocycles.